The van der Waals surface area contributed by atoms with Crippen molar-refractivity contribution in [1.29, 1.82) is 0 Å². The SMILES string of the molecule is C#Cc1cc(NC(=O)c2cc(N)c3nnnn3n2)c(C(=O)O)nc1Cl.C#Cc1cc(NC(=O)c2ccc3c(C(N)=O)nnn3n2)c(C(=O)O)cc1F.C#Cc1cc(NC(=O)c2ccc3nnnn3n2)c(C(=O)O)cc1F.COC(=O)c1cc(F)c(OC)cc1NC(=O)c1ccc2cnnn2n1. The third-order valence-electron chi connectivity index (χ3n) is 12.9. The number of methoxy groups -OCH3 is 2. The number of halogens is 4. The van der Waals surface area contributed by atoms with Gasteiger partial charge in [0.15, 0.2) is 51.4 Å². The first-order valence-corrected chi connectivity index (χ1v) is 27.4. The lowest BCUT2D eigenvalue weighted by molar-refractivity contribution is 0.0598. The van der Waals surface area contributed by atoms with Crippen LogP contribution in [0.2, 0.25) is 5.15 Å². The molecule has 9 heterocycles. The Morgan fingerprint density at radius 3 is 1.60 bits per heavy atom. The van der Waals surface area contributed by atoms with Gasteiger partial charge >= 0.3 is 23.9 Å². The molecule has 0 atom stereocenters. The number of nitrogens with two attached hydrogens (primary N) is 2. The fourth-order valence-electron chi connectivity index (χ4n) is 8.20. The number of terminal acetylenes is 3. The minimum atomic E-state index is -1.46. The number of tetrazole rings is 2. The molecule has 0 aliphatic carbocycles. The van der Waals surface area contributed by atoms with Gasteiger partial charge in [0, 0.05) is 6.07 Å². The van der Waals surface area contributed by atoms with Gasteiger partial charge < -0.3 is 57.5 Å². The van der Waals surface area contributed by atoms with Gasteiger partial charge in [0.05, 0.1) is 82.2 Å². The van der Waals surface area contributed by atoms with Crippen molar-refractivity contribution in [3.05, 3.63) is 181 Å². The Bertz CT molecular complexity index is 5590. The van der Waals surface area contributed by atoms with Crippen LogP contribution in [0.15, 0.2) is 91.1 Å². The molecule has 9 aromatic heterocycles. The molecule has 0 saturated carbocycles. The van der Waals surface area contributed by atoms with Crippen LogP contribution in [0.4, 0.5) is 41.6 Å². The number of ether oxygens (including phenoxy) is 2. The molecule has 0 unspecified atom stereocenters. The van der Waals surface area contributed by atoms with Crippen LogP contribution >= 0.6 is 11.6 Å². The zero-order valence-corrected chi connectivity index (χ0v) is 51.1. The van der Waals surface area contributed by atoms with Crippen molar-refractivity contribution in [3.8, 4) is 42.8 Å². The summed E-state index contributed by atoms with van der Waals surface area (Å²) in [4.78, 5) is 110. The Balaban J connectivity index is 0.000000157. The largest absolute Gasteiger partial charge is 0.494 e. The lowest BCUT2D eigenvalue weighted by Crippen LogP contribution is -2.19. The quantitative estimate of drug-likeness (QED) is 0.0428. The number of pyridine rings is 1. The highest BCUT2D eigenvalue weighted by Crippen LogP contribution is 2.29. The molecule has 12 aromatic rings. The molecule has 0 fully saturated rings. The van der Waals surface area contributed by atoms with E-state index in [9.17, 15) is 66.5 Å². The predicted molar refractivity (Wildman–Crippen MR) is 334 cm³/mol. The third kappa shape index (κ3) is 15.5. The van der Waals surface area contributed by atoms with Crippen LogP contribution in [-0.2, 0) is 4.74 Å². The molecule has 39 nitrogen and oxygen atoms in total. The Morgan fingerprint density at radius 1 is 0.535 bits per heavy atom. The summed E-state index contributed by atoms with van der Waals surface area (Å²) in [6.45, 7) is 0. The van der Waals surface area contributed by atoms with Crippen LogP contribution in [0.3, 0.4) is 0 Å². The summed E-state index contributed by atoms with van der Waals surface area (Å²) in [6, 6.07) is 16.6. The molecule has 0 aliphatic heterocycles. The molecule has 3 aromatic carbocycles. The van der Waals surface area contributed by atoms with E-state index in [1.165, 1.54) is 66.5 Å². The molecule has 0 saturated heterocycles. The Labute approximate surface area is 561 Å². The number of aromatic carboxylic acids is 3. The number of amides is 5. The van der Waals surface area contributed by atoms with E-state index in [1.807, 2.05) is 0 Å². The number of aromatic nitrogens is 19. The number of nitrogen functional groups attached to an aromatic ring is 1. The monoisotopic (exact) mass is 1400 g/mol. The van der Waals surface area contributed by atoms with E-state index < -0.39 is 87.7 Å². The zero-order chi connectivity index (χ0) is 73.1. The molecule has 101 heavy (non-hydrogen) atoms. The summed E-state index contributed by atoms with van der Waals surface area (Å²) in [5.74, 6) is -5.16. The molecule has 0 bridgehead atoms. The normalized spacial score (nSPS) is 10.4. The highest BCUT2D eigenvalue weighted by Gasteiger charge is 2.25. The summed E-state index contributed by atoms with van der Waals surface area (Å²) in [5, 5.41) is 88.1. The summed E-state index contributed by atoms with van der Waals surface area (Å²) in [7, 11) is 2.41. The van der Waals surface area contributed by atoms with Crippen LogP contribution in [0.5, 0.6) is 5.75 Å². The van der Waals surface area contributed by atoms with Crippen LogP contribution in [0, 0.1) is 54.5 Å². The summed E-state index contributed by atoms with van der Waals surface area (Å²) < 4.78 is 54.8. The molecule has 11 N–H and O–H groups in total. The van der Waals surface area contributed by atoms with E-state index in [-0.39, 0.29) is 101 Å². The van der Waals surface area contributed by atoms with Crippen LogP contribution < -0.4 is 37.5 Å². The smallest absolute Gasteiger partial charge is 0.356 e. The molecule has 504 valence electrons. The molecule has 5 amide bonds. The fourth-order valence-corrected chi connectivity index (χ4v) is 8.39. The van der Waals surface area contributed by atoms with Crippen molar-refractivity contribution in [3.63, 3.8) is 0 Å². The van der Waals surface area contributed by atoms with Gasteiger partial charge in [0.25, 0.3) is 29.5 Å². The van der Waals surface area contributed by atoms with Crippen molar-refractivity contribution >= 4 is 116 Å². The summed E-state index contributed by atoms with van der Waals surface area (Å²) in [6.07, 6.45) is 17.1. The second kappa shape index (κ2) is 29.8. The van der Waals surface area contributed by atoms with Gasteiger partial charge in [-0.25, -0.2) is 37.3 Å². The molecule has 0 aliphatic rings. The maximum absolute atomic E-state index is 13.9. The van der Waals surface area contributed by atoms with Gasteiger partial charge in [-0.05, 0) is 110 Å². The number of nitrogens with one attached hydrogen (secondary N) is 4. The Morgan fingerprint density at radius 2 is 1.04 bits per heavy atom. The van der Waals surface area contributed by atoms with Gasteiger partial charge in [0.1, 0.15) is 27.8 Å². The second-order valence-electron chi connectivity index (χ2n) is 19.2. The van der Waals surface area contributed by atoms with E-state index in [2.05, 4.69) is 121 Å². The Kier molecular flexibility index (Phi) is 20.6. The van der Waals surface area contributed by atoms with Crippen LogP contribution in [0.25, 0.3) is 22.3 Å². The van der Waals surface area contributed by atoms with Gasteiger partial charge in [-0.1, -0.05) is 29.4 Å². The second-order valence-corrected chi connectivity index (χ2v) is 19.5. The molecule has 0 spiro atoms. The number of benzene rings is 3. The topological polar surface area (TPSA) is 544 Å². The number of rotatable bonds is 14. The third-order valence-corrected chi connectivity index (χ3v) is 13.2. The number of primary amides is 1. The number of carbonyl (C=O) groups is 9. The first-order chi connectivity index (χ1) is 48.2. The minimum Gasteiger partial charge on any atom is -0.494 e. The van der Waals surface area contributed by atoms with Gasteiger partial charge in [-0.15, -0.1) is 78.6 Å². The number of carbonyl (C=O) groups excluding carboxylic acids is 6. The number of carboxylic acid groups (broad SMARTS) is 3. The average molecular weight is 1400 g/mol. The molecule has 12 rings (SSSR count). The van der Waals surface area contributed by atoms with Crippen molar-refractivity contribution in [1.82, 2.24) is 95.6 Å². The summed E-state index contributed by atoms with van der Waals surface area (Å²) >= 11 is 5.79. The number of hydrogen-bond donors (Lipinski definition) is 9. The molecule has 0 radical (unpaired) electrons. The van der Waals surface area contributed by atoms with Gasteiger partial charge in [-0.2, -0.15) is 0 Å². The van der Waals surface area contributed by atoms with E-state index in [4.69, 9.17) is 52.2 Å². The lowest BCUT2D eigenvalue weighted by Gasteiger charge is -2.12. The van der Waals surface area contributed by atoms with Crippen LogP contribution in [-0.4, -0.2) is 179 Å². The fraction of sp³-hybridized carbons (Fsp3) is 0.0345. The lowest BCUT2D eigenvalue weighted by atomic mass is 10.1. The van der Waals surface area contributed by atoms with Gasteiger partial charge in [-0.3, -0.25) is 24.0 Å². The van der Waals surface area contributed by atoms with Gasteiger partial charge in [0.2, 0.25) is 5.65 Å². The van der Waals surface area contributed by atoms with Crippen molar-refractivity contribution in [2.45, 2.75) is 0 Å². The Hall–Kier alpha value is -15.5. The number of hydrogen-bond acceptors (Lipinski definition) is 27. The summed E-state index contributed by atoms with van der Waals surface area (Å²) in [5.41, 5.74) is 9.46. The van der Waals surface area contributed by atoms with Crippen molar-refractivity contribution in [2.75, 3.05) is 41.2 Å². The number of esters is 1. The number of carboxylic acids is 3. The van der Waals surface area contributed by atoms with Crippen molar-refractivity contribution in [2.24, 2.45) is 5.73 Å². The average Bonchev–Trinajstić information content (AvgIpc) is 1.79. The van der Waals surface area contributed by atoms with Crippen molar-refractivity contribution < 1.29 is 81.1 Å². The first-order valence-electron chi connectivity index (χ1n) is 27.0. The minimum absolute atomic E-state index is 0.0237. The maximum Gasteiger partial charge on any atom is 0.356 e. The number of fused-ring (bicyclic) bond motifs is 4. The highest BCUT2D eigenvalue weighted by atomic mass is 35.5. The van der Waals surface area contributed by atoms with Crippen LogP contribution in [0.1, 0.15) is 111 Å². The zero-order valence-electron chi connectivity index (χ0n) is 50.4. The van der Waals surface area contributed by atoms with E-state index in [0.717, 1.165) is 45.3 Å². The maximum atomic E-state index is 13.9. The number of anilines is 5. The van der Waals surface area contributed by atoms with E-state index in [1.54, 1.807) is 6.07 Å². The van der Waals surface area contributed by atoms with E-state index >= 15 is 0 Å². The predicted octanol–water partition coefficient (Wildman–Crippen LogP) is 2.28. The molecular weight excluding hydrogens is 1360 g/mol. The number of nitrogens with zero attached hydrogens (tertiary/aromatic N) is 19. The molecule has 43 heteroatoms. The standard InChI is InChI=1S/C16H9FN6O4.C15H12FN5O4.C14H7FN6O3.C13H7ClN8O3/c1-2-7-5-11(8(16(26)27)6-9(7)17)19-15(25)10-3-4-12-13(14(18)24)20-22-23(12)21-10;1-24-13-6-12(9(5-10(13)16)15(23)25-2)18-14(22)11-4-3-8-7-17-20-21(8)19-11;1-2-7-5-11(8(14(23)24)6-9(7)15)16-13(22)10-3-4-12-17-19-20-21(12)18-10;1-2-5-3-7(9(13(24)25)17-10(5)14)16-12(23)8-4-6(15)11-18-20-21-22(11)19-8/h1,3-6H,(H2,18,24)(H,19,25)(H,26,27);3-7H,1-2H3,(H,18,22);1,3-6H,(H,16,22)(H,23,24);1,3-4H,15H2,(H,16,23)(H,24,25). The van der Waals surface area contributed by atoms with E-state index in [0.29, 0.717) is 17.2 Å². The highest BCUT2D eigenvalue weighted by molar-refractivity contribution is 6.31. The molecular formula is C58H35ClF3N25O14. The first kappa shape index (κ1) is 69.8.